The van der Waals surface area contributed by atoms with E-state index in [2.05, 4.69) is 5.32 Å². The zero-order valence-electron chi connectivity index (χ0n) is 15.2. The molecular weight excluding hydrogens is 391 g/mol. The smallest absolute Gasteiger partial charge is 0.164 e. The number of hydrogen-bond acceptors (Lipinski definition) is 4. The van der Waals surface area contributed by atoms with E-state index in [1.807, 2.05) is 13.0 Å². The molecule has 0 amide bonds. The van der Waals surface area contributed by atoms with Gasteiger partial charge in [0.1, 0.15) is 18.2 Å². The lowest BCUT2D eigenvalue weighted by Crippen LogP contribution is -2.42. The molecule has 2 aromatic carbocycles. The van der Waals surface area contributed by atoms with E-state index in [9.17, 15) is 18.0 Å². The molecule has 1 N–H and O–H groups in total. The summed E-state index contributed by atoms with van der Waals surface area (Å²) in [5, 5.41) is 12.4. The van der Waals surface area contributed by atoms with Crippen molar-refractivity contribution >= 4 is 23.6 Å². The molecule has 148 valence electrons. The number of likely N-dealkylation sites (N-methyl/N-ethyl adjacent to an activating group) is 1. The summed E-state index contributed by atoms with van der Waals surface area (Å²) < 4.78 is 41.5. The molecule has 28 heavy (non-hydrogen) atoms. The Labute approximate surface area is 166 Å². The van der Waals surface area contributed by atoms with Crippen molar-refractivity contribution in [2.45, 2.75) is 25.9 Å². The number of carbonyl (C=O) groups is 1. The minimum Gasteiger partial charge on any atom is -0.362 e. The second-order valence-electron chi connectivity index (χ2n) is 6.13. The Bertz CT molecular complexity index is 886. The third-order valence-corrected chi connectivity index (χ3v) is 4.57. The van der Waals surface area contributed by atoms with E-state index in [0.29, 0.717) is 24.8 Å². The molecule has 1 atom stereocenters. The minimum absolute atomic E-state index is 0.101. The number of nitrogens with zero attached hydrogens (tertiary/aromatic N) is 2. The molecule has 0 radical (unpaired) electrons. The molecular formula is C20H19ClF3N3O. The number of hydrogen-bond donors (Lipinski definition) is 1. The maximum atomic E-state index is 14.2. The summed E-state index contributed by atoms with van der Waals surface area (Å²) >= 11 is 6.12. The zero-order valence-corrected chi connectivity index (χ0v) is 15.9. The largest absolute Gasteiger partial charge is 0.362 e. The minimum atomic E-state index is -1.29. The standard InChI is InChI=1S/C20H19ClF3N3O/c1-2-26-11-17(5-6-28)27(16-4-3-13(10-25)18(21)9-16)12-14-7-15(22)8-19(23)20(14)24/h3-4,6-9,17,26H,2,5,11-12H2,1H3/t17-/m0/s1. The average molecular weight is 410 g/mol. The Morgan fingerprint density at radius 1 is 1.29 bits per heavy atom. The van der Waals surface area contributed by atoms with Crippen molar-refractivity contribution in [3.8, 4) is 6.07 Å². The maximum Gasteiger partial charge on any atom is 0.164 e. The van der Waals surface area contributed by atoms with E-state index in [4.69, 9.17) is 16.9 Å². The first-order chi connectivity index (χ1) is 13.4. The number of nitriles is 1. The predicted molar refractivity (Wildman–Crippen MR) is 102 cm³/mol. The van der Waals surface area contributed by atoms with Crippen molar-refractivity contribution in [2.75, 3.05) is 18.0 Å². The van der Waals surface area contributed by atoms with Gasteiger partial charge in [0.2, 0.25) is 0 Å². The van der Waals surface area contributed by atoms with Crippen molar-refractivity contribution in [3.05, 3.63) is 63.9 Å². The van der Waals surface area contributed by atoms with Crippen LogP contribution >= 0.6 is 11.6 Å². The van der Waals surface area contributed by atoms with Gasteiger partial charge in [0.25, 0.3) is 0 Å². The molecule has 0 aromatic heterocycles. The highest BCUT2D eigenvalue weighted by Gasteiger charge is 2.22. The van der Waals surface area contributed by atoms with Gasteiger partial charge in [-0.1, -0.05) is 18.5 Å². The molecule has 0 fully saturated rings. The van der Waals surface area contributed by atoms with E-state index in [1.165, 1.54) is 12.1 Å². The third kappa shape index (κ3) is 5.24. The highest BCUT2D eigenvalue weighted by molar-refractivity contribution is 6.32. The first-order valence-electron chi connectivity index (χ1n) is 8.65. The van der Waals surface area contributed by atoms with Gasteiger partial charge in [0, 0.05) is 42.9 Å². The highest BCUT2D eigenvalue weighted by Crippen LogP contribution is 2.28. The van der Waals surface area contributed by atoms with Crippen molar-refractivity contribution in [3.63, 3.8) is 0 Å². The number of halogens is 4. The SMILES string of the molecule is CCNC[C@H](CC=O)N(Cc1cc(F)cc(F)c1F)c1ccc(C#N)c(Cl)c1. The van der Waals surface area contributed by atoms with Crippen LogP contribution in [0.2, 0.25) is 5.02 Å². The third-order valence-electron chi connectivity index (χ3n) is 4.25. The summed E-state index contributed by atoms with van der Waals surface area (Å²) in [6.45, 7) is 2.72. The first-order valence-corrected chi connectivity index (χ1v) is 9.03. The maximum absolute atomic E-state index is 14.2. The van der Waals surface area contributed by atoms with Crippen LogP contribution in [-0.4, -0.2) is 25.4 Å². The lowest BCUT2D eigenvalue weighted by atomic mass is 10.1. The van der Waals surface area contributed by atoms with Gasteiger partial charge in [-0.3, -0.25) is 0 Å². The summed E-state index contributed by atoms with van der Waals surface area (Å²) in [7, 11) is 0. The van der Waals surface area contributed by atoms with Gasteiger partial charge >= 0.3 is 0 Å². The molecule has 0 aliphatic heterocycles. The molecule has 0 spiro atoms. The molecule has 2 rings (SSSR count). The molecule has 2 aromatic rings. The van der Waals surface area contributed by atoms with Crippen LogP contribution < -0.4 is 10.2 Å². The summed E-state index contributed by atoms with van der Waals surface area (Å²) in [5.74, 6) is -3.34. The number of anilines is 1. The van der Waals surface area contributed by atoms with Gasteiger partial charge in [0.05, 0.1) is 10.6 Å². The van der Waals surface area contributed by atoms with Crippen molar-refractivity contribution in [2.24, 2.45) is 0 Å². The summed E-state index contributed by atoms with van der Waals surface area (Å²) in [4.78, 5) is 12.8. The number of benzene rings is 2. The molecule has 0 heterocycles. The quantitative estimate of drug-likeness (QED) is 0.498. The Hall–Kier alpha value is -2.56. The van der Waals surface area contributed by atoms with Crippen molar-refractivity contribution in [1.29, 1.82) is 5.26 Å². The summed E-state index contributed by atoms with van der Waals surface area (Å²) in [6.07, 6.45) is 0.826. The summed E-state index contributed by atoms with van der Waals surface area (Å²) in [6, 6.07) is 7.52. The van der Waals surface area contributed by atoms with E-state index in [0.717, 1.165) is 12.4 Å². The van der Waals surface area contributed by atoms with E-state index in [-0.39, 0.29) is 29.1 Å². The van der Waals surface area contributed by atoms with Gasteiger partial charge in [-0.25, -0.2) is 13.2 Å². The normalized spacial score (nSPS) is 11.7. The molecule has 0 aliphatic rings. The van der Waals surface area contributed by atoms with Crippen LogP contribution in [0.15, 0.2) is 30.3 Å². The second kappa shape index (κ2) is 10.1. The molecule has 0 saturated heterocycles. The van der Waals surface area contributed by atoms with Gasteiger partial charge < -0.3 is 15.0 Å². The lowest BCUT2D eigenvalue weighted by Gasteiger charge is -2.33. The van der Waals surface area contributed by atoms with E-state index >= 15 is 0 Å². The summed E-state index contributed by atoms with van der Waals surface area (Å²) in [5.41, 5.74) is 0.565. The number of carbonyl (C=O) groups excluding carboxylic acids is 1. The van der Waals surface area contributed by atoms with Crippen LogP contribution in [0.4, 0.5) is 18.9 Å². The van der Waals surface area contributed by atoms with Gasteiger partial charge in [-0.05, 0) is 30.8 Å². The van der Waals surface area contributed by atoms with Crippen LogP contribution in [0, 0.1) is 28.8 Å². The van der Waals surface area contributed by atoms with Crippen molar-refractivity contribution in [1.82, 2.24) is 5.32 Å². The van der Waals surface area contributed by atoms with Crippen LogP contribution in [0.3, 0.4) is 0 Å². The molecule has 0 unspecified atom stereocenters. The van der Waals surface area contributed by atoms with Crippen LogP contribution in [0.25, 0.3) is 0 Å². The Balaban J connectivity index is 2.50. The number of aldehydes is 1. The van der Waals surface area contributed by atoms with Gasteiger partial charge in [0.15, 0.2) is 11.6 Å². The van der Waals surface area contributed by atoms with Crippen molar-refractivity contribution < 1.29 is 18.0 Å². The van der Waals surface area contributed by atoms with Crippen LogP contribution in [-0.2, 0) is 11.3 Å². The molecule has 0 saturated carbocycles. The highest BCUT2D eigenvalue weighted by atomic mass is 35.5. The van der Waals surface area contributed by atoms with E-state index in [1.54, 1.807) is 11.0 Å². The Morgan fingerprint density at radius 3 is 2.64 bits per heavy atom. The molecule has 8 heteroatoms. The molecule has 0 aliphatic carbocycles. The Kier molecular flexibility index (Phi) is 7.85. The van der Waals surface area contributed by atoms with Crippen LogP contribution in [0.5, 0.6) is 0 Å². The Morgan fingerprint density at radius 2 is 2.04 bits per heavy atom. The number of rotatable bonds is 9. The second-order valence-corrected chi connectivity index (χ2v) is 6.54. The fourth-order valence-corrected chi connectivity index (χ4v) is 3.07. The van der Waals surface area contributed by atoms with E-state index < -0.39 is 23.5 Å². The van der Waals surface area contributed by atoms with Gasteiger partial charge in [-0.15, -0.1) is 0 Å². The number of nitrogens with one attached hydrogen (secondary N) is 1. The lowest BCUT2D eigenvalue weighted by molar-refractivity contribution is -0.108. The first kappa shape index (κ1) is 21.7. The fourth-order valence-electron chi connectivity index (χ4n) is 2.86. The predicted octanol–water partition coefficient (Wildman–Crippen LogP) is 4.20. The topological polar surface area (TPSA) is 56.1 Å². The molecule has 0 bridgehead atoms. The monoisotopic (exact) mass is 409 g/mol. The molecule has 4 nitrogen and oxygen atoms in total. The van der Waals surface area contributed by atoms with Gasteiger partial charge in [-0.2, -0.15) is 5.26 Å². The fraction of sp³-hybridized carbons (Fsp3) is 0.300. The average Bonchev–Trinajstić information content (AvgIpc) is 2.67. The van der Waals surface area contributed by atoms with Crippen LogP contribution in [0.1, 0.15) is 24.5 Å². The zero-order chi connectivity index (χ0) is 20.7.